The summed E-state index contributed by atoms with van der Waals surface area (Å²) < 4.78 is 5.56. The van der Waals surface area contributed by atoms with E-state index in [2.05, 4.69) is 17.0 Å². The van der Waals surface area contributed by atoms with Crippen molar-refractivity contribution in [3.05, 3.63) is 35.9 Å². The van der Waals surface area contributed by atoms with Gasteiger partial charge in [0.05, 0.1) is 0 Å². The Balaban J connectivity index is 0.00000192. The number of benzene rings is 1. The lowest BCUT2D eigenvalue weighted by molar-refractivity contribution is -0.147. The first-order chi connectivity index (χ1) is 10.7. The molecule has 1 aliphatic carbocycles. The summed E-state index contributed by atoms with van der Waals surface area (Å²) in [6, 6.07) is 10.1. The molecule has 1 aromatic rings. The third-order valence-electron chi connectivity index (χ3n) is 5.21. The average Bonchev–Trinajstić information content (AvgIpc) is 2.85. The van der Waals surface area contributed by atoms with Crippen LogP contribution in [0.3, 0.4) is 0 Å². The molecule has 1 aromatic carbocycles. The number of esters is 1. The normalized spacial score (nSPS) is 25.3. The van der Waals surface area contributed by atoms with Crippen LogP contribution in [0, 0.1) is 11.8 Å². The summed E-state index contributed by atoms with van der Waals surface area (Å²) in [6.07, 6.45) is 6.41. The molecular weight excluding hydrogens is 310 g/mol. The number of likely N-dealkylation sites (tertiary alicyclic amines) is 1. The Morgan fingerprint density at radius 3 is 2.70 bits per heavy atom. The first kappa shape index (κ1) is 18.3. The molecule has 3 rings (SSSR count). The van der Waals surface area contributed by atoms with Gasteiger partial charge in [-0.05, 0) is 43.2 Å². The Bertz CT molecular complexity index is 493. The highest BCUT2D eigenvalue weighted by Crippen LogP contribution is 2.36. The summed E-state index contributed by atoms with van der Waals surface area (Å²) >= 11 is 0. The van der Waals surface area contributed by atoms with Crippen molar-refractivity contribution in [2.75, 3.05) is 19.6 Å². The fourth-order valence-corrected chi connectivity index (χ4v) is 4.09. The molecule has 1 aliphatic heterocycles. The van der Waals surface area contributed by atoms with Crippen LogP contribution < -0.4 is 0 Å². The van der Waals surface area contributed by atoms with Gasteiger partial charge in [-0.2, -0.15) is 0 Å². The van der Waals surface area contributed by atoms with Crippen molar-refractivity contribution in [1.29, 1.82) is 0 Å². The van der Waals surface area contributed by atoms with Gasteiger partial charge in [0.15, 0.2) is 0 Å². The number of rotatable bonds is 5. The molecule has 4 heteroatoms. The zero-order valence-electron chi connectivity index (χ0n) is 13.9. The number of nitrogens with zero attached hydrogens (tertiary/aromatic N) is 1. The number of fused-ring (bicyclic) bond motifs is 2. The van der Waals surface area contributed by atoms with E-state index in [4.69, 9.17) is 4.74 Å². The van der Waals surface area contributed by atoms with E-state index < -0.39 is 0 Å². The van der Waals surface area contributed by atoms with E-state index in [1.165, 1.54) is 45.7 Å². The molecule has 2 fully saturated rings. The smallest absolute Gasteiger partial charge is 0.303 e. The monoisotopic (exact) mass is 337 g/mol. The maximum atomic E-state index is 11.4. The molecule has 1 saturated carbocycles. The van der Waals surface area contributed by atoms with Gasteiger partial charge < -0.3 is 9.64 Å². The Hall–Kier alpha value is -1.06. The van der Waals surface area contributed by atoms with Crippen molar-refractivity contribution in [2.45, 2.75) is 45.1 Å². The van der Waals surface area contributed by atoms with Gasteiger partial charge >= 0.3 is 5.97 Å². The van der Waals surface area contributed by atoms with E-state index in [1.807, 2.05) is 18.2 Å². The van der Waals surface area contributed by atoms with Crippen LogP contribution in [0.5, 0.6) is 0 Å². The summed E-state index contributed by atoms with van der Waals surface area (Å²) in [5, 5.41) is 0. The molecule has 0 aromatic heterocycles. The van der Waals surface area contributed by atoms with Gasteiger partial charge in [-0.25, -0.2) is 0 Å². The number of hydrogen-bond donors (Lipinski definition) is 0. The number of ether oxygens (including phenoxy) is 1. The van der Waals surface area contributed by atoms with Crippen LogP contribution in [-0.2, 0) is 9.53 Å². The molecule has 3 atom stereocenters. The van der Waals surface area contributed by atoms with Gasteiger partial charge in [0.25, 0.3) is 0 Å². The summed E-state index contributed by atoms with van der Waals surface area (Å²) in [4.78, 5) is 14.0. The quantitative estimate of drug-likeness (QED) is 0.753. The SMILES string of the molecule is CC(=O)OC(CCN1CCC2CCC(C2)C1)c1ccccc1.Cl. The van der Waals surface area contributed by atoms with Gasteiger partial charge in [0.2, 0.25) is 0 Å². The van der Waals surface area contributed by atoms with Gasteiger partial charge in [-0.3, -0.25) is 4.79 Å². The highest BCUT2D eigenvalue weighted by Gasteiger charge is 2.30. The summed E-state index contributed by atoms with van der Waals surface area (Å²) in [7, 11) is 0. The standard InChI is InChI=1S/C19H27NO2.ClH/c1-15(21)22-19(18-5-3-2-4-6-18)10-12-20-11-9-16-7-8-17(13-16)14-20;/h2-6,16-17,19H,7-14H2,1H3;1H. The fourth-order valence-electron chi connectivity index (χ4n) is 4.09. The number of hydrogen-bond acceptors (Lipinski definition) is 3. The Morgan fingerprint density at radius 1 is 1.22 bits per heavy atom. The molecule has 128 valence electrons. The molecule has 3 nitrogen and oxygen atoms in total. The molecular formula is C19H28ClNO2. The number of carbonyl (C=O) groups excluding carboxylic acids is 1. The second-order valence-corrected chi connectivity index (χ2v) is 6.93. The molecule has 1 heterocycles. The third kappa shape index (κ3) is 5.22. The van der Waals surface area contributed by atoms with E-state index >= 15 is 0 Å². The predicted octanol–water partition coefficient (Wildman–Crippen LogP) is 4.22. The predicted molar refractivity (Wildman–Crippen MR) is 94.7 cm³/mol. The minimum Gasteiger partial charge on any atom is -0.458 e. The summed E-state index contributed by atoms with van der Waals surface area (Å²) in [5.74, 6) is 1.67. The van der Waals surface area contributed by atoms with Crippen LogP contribution in [-0.4, -0.2) is 30.5 Å². The van der Waals surface area contributed by atoms with Crippen LogP contribution in [0.15, 0.2) is 30.3 Å². The second kappa shape index (κ2) is 8.70. The van der Waals surface area contributed by atoms with Crippen molar-refractivity contribution >= 4 is 18.4 Å². The molecule has 2 aliphatic rings. The number of halogens is 1. The lowest BCUT2D eigenvalue weighted by Gasteiger charge is -2.27. The van der Waals surface area contributed by atoms with Crippen LogP contribution in [0.2, 0.25) is 0 Å². The van der Waals surface area contributed by atoms with E-state index in [0.29, 0.717) is 0 Å². The Labute approximate surface area is 145 Å². The van der Waals surface area contributed by atoms with Gasteiger partial charge in [-0.15, -0.1) is 12.4 Å². The Morgan fingerprint density at radius 2 is 1.96 bits per heavy atom. The summed E-state index contributed by atoms with van der Waals surface area (Å²) in [6.45, 7) is 4.97. The topological polar surface area (TPSA) is 29.5 Å². The zero-order valence-corrected chi connectivity index (χ0v) is 14.8. The molecule has 1 saturated heterocycles. The molecule has 23 heavy (non-hydrogen) atoms. The first-order valence-electron chi connectivity index (χ1n) is 8.65. The highest BCUT2D eigenvalue weighted by molar-refractivity contribution is 5.85. The maximum absolute atomic E-state index is 11.4. The molecule has 0 radical (unpaired) electrons. The van der Waals surface area contributed by atoms with E-state index in [9.17, 15) is 4.79 Å². The van der Waals surface area contributed by atoms with E-state index in [0.717, 1.165) is 30.4 Å². The van der Waals surface area contributed by atoms with Crippen LogP contribution in [0.1, 0.15) is 50.7 Å². The second-order valence-electron chi connectivity index (χ2n) is 6.93. The minimum atomic E-state index is -0.191. The van der Waals surface area contributed by atoms with Crippen molar-refractivity contribution in [3.8, 4) is 0 Å². The van der Waals surface area contributed by atoms with Crippen LogP contribution >= 0.6 is 12.4 Å². The molecule has 3 unspecified atom stereocenters. The van der Waals surface area contributed by atoms with E-state index in [1.54, 1.807) is 0 Å². The fraction of sp³-hybridized carbons (Fsp3) is 0.632. The number of carbonyl (C=O) groups is 1. The van der Waals surface area contributed by atoms with E-state index in [-0.39, 0.29) is 24.5 Å². The van der Waals surface area contributed by atoms with Gasteiger partial charge in [-0.1, -0.05) is 36.8 Å². The largest absolute Gasteiger partial charge is 0.458 e. The molecule has 0 N–H and O–H groups in total. The minimum absolute atomic E-state index is 0. The lowest BCUT2D eigenvalue weighted by Crippen LogP contribution is -2.31. The van der Waals surface area contributed by atoms with Gasteiger partial charge in [0, 0.05) is 26.4 Å². The van der Waals surface area contributed by atoms with Crippen molar-refractivity contribution < 1.29 is 9.53 Å². The van der Waals surface area contributed by atoms with Crippen molar-refractivity contribution in [3.63, 3.8) is 0 Å². The first-order valence-corrected chi connectivity index (χ1v) is 8.65. The molecule has 0 spiro atoms. The highest BCUT2D eigenvalue weighted by atomic mass is 35.5. The van der Waals surface area contributed by atoms with Crippen molar-refractivity contribution in [1.82, 2.24) is 4.90 Å². The maximum Gasteiger partial charge on any atom is 0.303 e. The van der Waals surface area contributed by atoms with Gasteiger partial charge in [0.1, 0.15) is 6.10 Å². The molecule has 0 amide bonds. The zero-order chi connectivity index (χ0) is 15.4. The van der Waals surface area contributed by atoms with Crippen LogP contribution in [0.4, 0.5) is 0 Å². The lowest BCUT2D eigenvalue weighted by atomic mass is 10.0. The third-order valence-corrected chi connectivity index (χ3v) is 5.21. The summed E-state index contributed by atoms with van der Waals surface area (Å²) in [5.41, 5.74) is 1.11. The molecule has 2 bridgehead atoms. The van der Waals surface area contributed by atoms with Crippen molar-refractivity contribution in [2.24, 2.45) is 11.8 Å². The average molecular weight is 338 g/mol. The Kier molecular flexibility index (Phi) is 6.91. The van der Waals surface area contributed by atoms with Crippen LogP contribution in [0.25, 0.3) is 0 Å².